The van der Waals surface area contributed by atoms with Crippen molar-refractivity contribution in [2.75, 3.05) is 26.2 Å². The summed E-state index contributed by atoms with van der Waals surface area (Å²) in [5.41, 5.74) is 4.48. The number of hydrogen-bond acceptors (Lipinski definition) is 5. The number of rotatable bonds is 8. The molecule has 2 atom stereocenters. The maximum absolute atomic E-state index is 14.3. The van der Waals surface area contributed by atoms with Crippen LogP contribution >= 0.6 is 0 Å². The summed E-state index contributed by atoms with van der Waals surface area (Å²) in [7, 11) is 0. The molecule has 3 aromatic carbocycles. The second kappa shape index (κ2) is 12.0. The van der Waals surface area contributed by atoms with Gasteiger partial charge in [-0.05, 0) is 53.5 Å². The van der Waals surface area contributed by atoms with Crippen LogP contribution in [0.5, 0.6) is 0 Å². The minimum absolute atomic E-state index is 0.0880. The zero-order valence-corrected chi connectivity index (χ0v) is 23.7. The van der Waals surface area contributed by atoms with Crippen molar-refractivity contribution in [3.8, 4) is 11.1 Å². The first-order chi connectivity index (χ1) is 20.4. The van der Waals surface area contributed by atoms with Crippen LogP contribution in [0.15, 0.2) is 78.9 Å². The van der Waals surface area contributed by atoms with Gasteiger partial charge in [0.05, 0.1) is 6.42 Å². The molecule has 2 unspecified atom stereocenters. The van der Waals surface area contributed by atoms with Gasteiger partial charge < -0.3 is 20.1 Å². The van der Waals surface area contributed by atoms with E-state index in [1.807, 2.05) is 54.6 Å². The van der Waals surface area contributed by atoms with Gasteiger partial charge in [0.15, 0.2) is 0 Å². The first-order valence-corrected chi connectivity index (χ1v) is 14.9. The number of nitrogens with zero attached hydrogens (tertiary/aromatic N) is 2. The SMILES string of the molecule is O=C(O)CC1CCCCN1C(=O)C1(NC(=O)OCC2c3ccccc3-c3ccccc32)CCN(Cc2ccccc2)C1. The Bertz CT molecular complexity index is 1410. The highest BCUT2D eigenvalue weighted by molar-refractivity contribution is 5.91. The smallest absolute Gasteiger partial charge is 0.408 e. The first kappa shape index (κ1) is 28.0. The molecular weight excluding hydrogens is 530 g/mol. The van der Waals surface area contributed by atoms with E-state index in [9.17, 15) is 19.5 Å². The van der Waals surface area contributed by atoms with Crippen molar-refractivity contribution in [3.63, 3.8) is 0 Å². The summed E-state index contributed by atoms with van der Waals surface area (Å²) < 4.78 is 5.88. The Labute approximate surface area is 246 Å². The molecule has 218 valence electrons. The molecule has 42 heavy (non-hydrogen) atoms. The molecule has 2 fully saturated rings. The highest BCUT2D eigenvalue weighted by atomic mass is 16.5. The number of benzene rings is 3. The number of ether oxygens (including phenoxy) is 1. The molecule has 0 saturated carbocycles. The molecule has 2 N–H and O–H groups in total. The van der Waals surface area contributed by atoms with E-state index in [-0.39, 0.29) is 30.9 Å². The maximum Gasteiger partial charge on any atom is 0.408 e. The Kier molecular flexibility index (Phi) is 7.98. The Morgan fingerprint density at radius 3 is 2.24 bits per heavy atom. The number of aliphatic carboxylic acids is 1. The summed E-state index contributed by atoms with van der Waals surface area (Å²) in [6.07, 6.45) is 2.05. The van der Waals surface area contributed by atoms with Crippen LogP contribution in [0.25, 0.3) is 11.1 Å². The van der Waals surface area contributed by atoms with Crippen molar-refractivity contribution in [3.05, 3.63) is 95.6 Å². The van der Waals surface area contributed by atoms with Crippen LogP contribution in [0.1, 0.15) is 54.7 Å². The first-order valence-electron chi connectivity index (χ1n) is 14.9. The van der Waals surface area contributed by atoms with Crippen molar-refractivity contribution in [1.82, 2.24) is 15.1 Å². The summed E-state index contributed by atoms with van der Waals surface area (Å²) in [4.78, 5) is 43.2. The summed E-state index contributed by atoms with van der Waals surface area (Å²) in [5, 5.41) is 12.5. The minimum atomic E-state index is -1.19. The molecule has 1 aliphatic carbocycles. The molecule has 0 spiro atoms. The number of carboxylic acid groups (broad SMARTS) is 1. The monoisotopic (exact) mass is 567 g/mol. The molecule has 0 bridgehead atoms. The molecule has 6 rings (SSSR count). The van der Waals surface area contributed by atoms with E-state index in [1.54, 1.807) is 4.90 Å². The van der Waals surface area contributed by atoms with Gasteiger partial charge in [0.25, 0.3) is 0 Å². The van der Waals surface area contributed by atoms with E-state index in [0.717, 1.165) is 40.7 Å². The second-order valence-electron chi connectivity index (χ2n) is 11.7. The van der Waals surface area contributed by atoms with Gasteiger partial charge in [-0.3, -0.25) is 14.5 Å². The molecule has 2 heterocycles. The van der Waals surface area contributed by atoms with E-state index in [4.69, 9.17) is 4.74 Å². The van der Waals surface area contributed by atoms with Gasteiger partial charge in [-0.1, -0.05) is 78.9 Å². The predicted octanol–water partition coefficient (Wildman–Crippen LogP) is 5.03. The number of carbonyl (C=O) groups excluding carboxylic acids is 2. The molecule has 8 nitrogen and oxygen atoms in total. The summed E-state index contributed by atoms with van der Waals surface area (Å²) in [6, 6.07) is 26.0. The van der Waals surface area contributed by atoms with E-state index in [2.05, 4.69) is 34.5 Å². The quantitative estimate of drug-likeness (QED) is 0.396. The van der Waals surface area contributed by atoms with Gasteiger partial charge in [0.2, 0.25) is 5.91 Å². The van der Waals surface area contributed by atoms with Gasteiger partial charge in [-0.2, -0.15) is 0 Å². The van der Waals surface area contributed by atoms with Crippen molar-refractivity contribution >= 4 is 18.0 Å². The summed E-state index contributed by atoms with van der Waals surface area (Å²) in [6.45, 7) is 2.26. The van der Waals surface area contributed by atoms with Crippen LogP contribution in [0.2, 0.25) is 0 Å². The van der Waals surface area contributed by atoms with Crippen molar-refractivity contribution in [2.45, 2.75) is 56.1 Å². The van der Waals surface area contributed by atoms with E-state index in [1.165, 1.54) is 0 Å². The van der Waals surface area contributed by atoms with Gasteiger partial charge in [0.1, 0.15) is 12.1 Å². The predicted molar refractivity (Wildman–Crippen MR) is 159 cm³/mol. The second-order valence-corrected chi connectivity index (χ2v) is 11.7. The lowest BCUT2D eigenvalue weighted by molar-refractivity contribution is -0.145. The Hall–Kier alpha value is -4.17. The number of alkyl carbamates (subject to hydrolysis) is 1. The zero-order chi connectivity index (χ0) is 29.1. The van der Waals surface area contributed by atoms with E-state index < -0.39 is 17.6 Å². The fraction of sp³-hybridized carbons (Fsp3) is 0.382. The van der Waals surface area contributed by atoms with Crippen LogP contribution in [0, 0.1) is 0 Å². The molecule has 2 saturated heterocycles. The average Bonchev–Trinajstić information content (AvgIpc) is 3.55. The lowest BCUT2D eigenvalue weighted by Crippen LogP contribution is -2.63. The van der Waals surface area contributed by atoms with Crippen molar-refractivity contribution < 1.29 is 24.2 Å². The number of nitrogens with one attached hydrogen (secondary N) is 1. The van der Waals surface area contributed by atoms with Crippen LogP contribution in [0.4, 0.5) is 4.79 Å². The van der Waals surface area contributed by atoms with Gasteiger partial charge in [0, 0.05) is 38.1 Å². The Morgan fingerprint density at radius 2 is 1.55 bits per heavy atom. The number of carbonyl (C=O) groups is 3. The highest BCUT2D eigenvalue weighted by Crippen LogP contribution is 2.44. The highest BCUT2D eigenvalue weighted by Gasteiger charge is 2.50. The van der Waals surface area contributed by atoms with Gasteiger partial charge in [-0.25, -0.2) is 4.79 Å². The average molecular weight is 568 g/mol. The lowest BCUT2D eigenvalue weighted by atomic mass is 9.91. The molecule has 3 aliphatic rings. The van der Waals surface area contributed by atoms with Crippen molar-refractivity contribution in [1.29, 1.82) is 0 Å². The van der Waals surface area contributed by atoms with Crippen LogP contribution in [-0.4, -0.2) is 70.7 Å². The fourth-order valence-electron chi connectivity index (χ4n) is 6.98. The third-order valence-corrected chi connectivity index (χ3v) is 8.99. The third kappa shape index (κ3) is 5.63. The molecule has 0 aromatic heterocycles. The Balaban J connectivity index is 1.21. The Morgan fingerprint density at radius 1 is 0.881 bits per heavy atom. The maximum atomic E-state index is 14.3. The number of carboxylic acids is 1. The number of hydrogen-bond donors (Lipinski definition) is 2. The number of fused-ring (bicyclic) bond motifs is 3. The molecule has 2 aliphatic heterocycles. The number of amides is 2. The normalized spacial score (nSPS) is 21.9. The fourth-order valence-corrected chi connectivity index (χ4v) is 6.98. The van der Waals surface area contributed by atoms with Crippen molar-refractivity contribution in [2.24, 2.45) is 0 Å². The molecule has 0 radical (unpaired) electrons. The third-order valence-electron chi connectivity index (χ3n) is 8.99. The van der Waals surface area contributed by atoms with Gasteiger partial charge in [-0.15, -0.1) is 0 Å². The molecular formula is C34H37N3O5. The summed E-state index contributed by atoms with van der Waals surface area (Å²) in [5.74, 6) is -1.22. The van der Waals surface area contributed by atoms with Crippen LogP contribution < -0.4 is 5.32 Å². The molecule has 2 amide bonds. The topological polar surface area (TPSA) is 99.2 Å². The molecule has 3 aromatic rings. The van der Waals surface area contributed by atoms with Gasteiger partial charge >= 0.3 is 12.1 Å². The standard InChI is InChI=1S/C34H37N3O5/c38-31(39)20-25-12-8-9-18-37(25)32(40)34(17-19-36(23-34)21-24-10-2-1-3-11-24)35-33(41)42-22-30-28-15-6-4-13-26(28)27-14-5-7-16-29(27)30/h1-7,10-11,13-16,25,30H,8-9,12,17-23H2,(H,35,41)(H,38,39). The van der Waals surface area contributed by atoms with E-state index >= 15 is 0 Å². The molecule has 8 heteroatoms. The number of piperidine rings is 1. The number of likely N-dealkylation sites (tertiary alicyclic amines) is 2. The van der Waals surface area contributed by atoms with Crippen LogP contribution in [-0.2, 0) is 20.9 Å². The minimum Gasteiger partial charge on any atom is -0.481 e. The van der Waals surface area contributed by atoms with E-state index in [0.29, 0.717) is 39.0 Å². The largest absolute Gasteiger partial charge is 0.481 e. The lowest BCUT2D eigenvalue weighted by Gasteiger charge is -2.41. The summed E-state index contributed by atoms with van der Waals surface area (Å²) >= 11 is 0. The zero-order valence-electron chi connectivity index (χ0n) is 23.7. The van der Waals surface area contributed by atoms with Crippen LogP contribution in [0.3, 0.4) is 0 Å².